The Hall–Kier alpha value is -2.77. The molecule has 0 radical (unpaired) electrons. The highest BCUT2D eigenvalue weighted by Gasteiger charge is 2.32. The summed E-state index contributed by atoms with van der Waals surface area (Å²) in [5.74, 6) is -0.0445. The van der Waals surface area contributed by atoms with E-state index in [1.165, 1.54) is 4.90 Å². The first-order valence-corrected chi connectivity index (χ1v) is 9.27. The van der Waals surface area contributed by atoms with E-state index in [2.05, 4.69) is 0 Å². The van der Waals surface area contributed by atoms with Crippen LogP contribution in [0.4, 0.5) is 9.59 Å². The Morgan fingerprint density at radius 3 is 2.07 bits per heavy atom. The van der Waals surface area contributed by atoms with E-state index < -0.39 is 6.09 Å². The summed E-state index contributed by atoms with van der Waals surface area (Å²) in [6.07, 6.45) is -0.0687. The van der Waals surface area contributed by atoms with Crippen molar-refractivity contribution < 1.29 is 24.2 Å². The van der Waals surface area contributed by atoms with Gasteiger partial charge in [-0.3, -0.25) is 4.79 Å². The number of ether oxygens (including phenoxy) is 1. The first-order chi connectivity index (χ1) is 13.0. The minimum atomic E-state index is -0.940. The quantitative estimate of drug-likeness (QED) is 0.871. The number of piperidine rings is 1. The zero-order chi connectivity index (χ0) is 19.2. The highest BCUT2D eigenvalue weighted by molar-refractivity contribution is 5.79. The molecular weight excluding hydrogens is 350 g/mol. The molecule has 146 valence electrons. The van der Waals surface area contributed by atoms with Crippen LogP contribution in [0.1, 0.15) is 18.4 Å². The van der Waals surface area contributed by atoms with Gasteiger partial charge in [-0.2, -0.15) is 0 Å². The van der Waals surface area contributed by atoms with Gasteiger partial charge in [0, 0.05) is 45.2 Å². The molecule has 1 aromatic rings. The van der Waals surface area contributed by atoms with Crippen molar-refractivity contribution in [3.63, 3.8) is 0 Å². The van der Waals surface area contributed by atoms with E-state index in [9.17, 15) is 14.4 Å². The lowest BCUT2D eigenvalue weighted by atomic mass is 9.95. The zero-order valence-corrected chi connectivity index (χ0v) is 15.2. The maximum atomic E-state index is 12.6. The van der Waals surface area contributed by atoms with Crippen molar-refractivity contribution >= 4 is 18.1 Å². The Kier molecular flexibility index (Phi) is 6.16. The summed E-state index contributed by atoms with van der Waals surface area (Å²) >= 11 is 0. The topological polar surface area (TPSA) is 90.4 Å². The molecule has 0 atom stereocenters. The molecule has 0 bridgehead atoms. The summed E-state index contributed by atoms with van der Waals surface area (Å²) in [5, 5.41) is 8.98. The number of benzene rings is 1. The van der Waals surface area contributed by atoms with Crippen molar-refractivity contribution in [1.29, 1.82) is 0 Å². The summed E-state index contributed by atoms with van der Waals surface area (Å²) in [6, 6.07) is 9.52. The van der Waals surface area contributed by atoms with Gasteiger partial charge in [0.15, 0.2) is 0 Å². The number of carbonyl (C=O) groups is 3. The molecule has 8 nitrogen and oxygen atoms in total. The fourth-order valence-corrected chi connectivity index (χ4v) is 3.50. The average molecular weight is 375 g/mol. The second-order valence-electron chi connectivity index (χ2n) is 6.90. The second kappa shape index (κ2) is 8.75. The number of carboxylic acid groups (broad SMARTS) is 1. The Labute approximate surface area is 158 Å². The van der Waals surface area contributed by atoms with Crippen molar-refractivity contribution in [2.45, 2.75) is 19.4 Å². The van der Waals surface area contributed by atoms with Gasteiger partial charge >= 0.3 is 12.2 Å². The third-order valence-corrected chi connectivity index (χ3v) is 5.17. The molecule has 0 unspecified atom stereocenters. The van der Waals surface area contributed by atoms with Crippen LogP contribution < -0.4 is 0 Å². The molecule has 0 aliphatic carbocycles. The lowest BCUT2D eigenvalue weighted by Gasteiger charge is -2.37. The molecule has 2 saturated heterocycles. The molecule has 1 aromatic carbocycles. The largest absolute Gasteiger partial charge is 0.465 e. The first kappa shape index (κ1) is 19.0. The fourth-order valence-electron chi connectivity index (χ4n) is 3.50. The smallest absolute Gasteiger partial charge is 0.410 e. The van der Waals surface area contributed by atoms with E-state index in [0.717, 1.165) is 5.56 Å². The SMILES string of the molecule is O=C(O)N1CCN(C(=O)C2CCN(C(=O)OCc3ccccc3)CC2)CC1. The van der Waals surface area contributed by atoms with Crippen LogP contribution >= 0.6 is 0 Å². The maximum absolute atomic E-state index is 12.6. The third-order valence-electron chi connectivity index (χ3n) is 5.17. The number of likely N-dealkylation sites (tertiary alicyclic amines) is 1. The van der Waals surface area contributed by atoms with E-state index >= 15 is 0 Å². The number of rotatable bonds is 3. The minimum absolute atomic E-state index is 0.0670. The van der Waals surface area contributed by atoms with Gasteiger partial charge in [0.25, 0.3) is 0 Å². The van der Waals surface area contributed by atoms with Gasteiger partial charge < -0.3 is 24.5 Å². The van der Waals surface area contributed by atoms with Crippen LogP contribution in [0.15, 0.2) is 30.3 Å². The van der Waals surface area contributed by atoms with E-state index in [0.29, 0.717) is 52.1 Å². The Bertz CT molecular complexity index is 665. The summed E-state index contributed by atoms with van der Waals surface area (Å²) < 4.78 is 5.34. The number of piperazine rings is 1. The fraction of sp³-hybridized carbons (Fsp3) is 0.526. The molecule has 27 heavy (non-hydrogen) atoms. The van der Waals surface area contributed by atoms with E-state index in [4.69, 9.17) is 9.84 Å². The molecule has 3 amide bonds. The standard InChI is InChI=1S/C19H25N3O5/c23-17(20-10-12-21(13-11-20)18(24)25)16-6-8-22(9-7-16)19(26)27-14-15-4-2-1-3-5-15/h1-5,16H,6-14H2,(H,24,25). The van der Waals surface area contributed by atoms with Gasteiger partial charge in [0.1, 0.15) is 6.61 Å². The van der Waals surface area contributed by atoms with Crippen LogP contribution in [0.25, 0.3) is 0 Å². The molecule has 2 heterocycles. The van der Waals surface area contributed by atoms with Crippen LogP contribution in [-0.2, 0) is 16.1 Å². The Balaban J connectivity index is 1.41. The first-order valence-electron chi connectivity index (χ1n) is 9.27. The predicted octanol–water partition coefficient (Wildman–Crippen LogP) is 1.86. The lowest BCUT2D eigenvalue weighted by molar-refractivity contribution is -0.138. The highest BCUT2D eigenvalue weighted by atomic mass is 16.6. The number of hydrogen-bond acceptors (Lipinski definition) is 4. The molecule has 2 fully saturated rings. The van der Waals surface area contributed by atoms with Crippen molar-refractivity contribution in [3.05, 3.63) is 35.9 Å². The molecule has 8 heteroatoms. The van der Waals surface area contributed by atoms with E-state index in [1.807, 2.05) is 30.3 Å². The van der Waals surface area contributed by atoms with Gasteiger partial charge in [0.2, 0.25) is 5.91 Å². The molecule has 0 aromatic heterocycles. The van der Waals surface area contributed by atoms with Gasteiger partial charge in [-0.05, 0) is 18.4 Å². The van der Waals surface area contributed by atoms with E-state index in [-0.39, 0.29) is 24.5 Å². The Morgan fingerprint density at radius 1 is 0.889 bits per heavy atom. The van der Waals surface area contributed by atoms with Gasteiger partial charge in [-0.1, -0.05) is 30.3 Å². The summed E-state index contributed by atoms with van der Waals surface area (Å²) in [7, 11) is 0. The zero-order valence-electron chi connectivity index (χ0n) is 15.2. The predicted molar refractivity (Wildman–Crippen MR) is 97.1 cm³/mol. The van der Waals surface area contributed by atoms with Crippen LogP contribution in [0, 0.1) is 5.92 Å². The summed E-state index contributed by atoms with van der Waals surface area (Å²) in [6.45, 7) is 2.82. The van der Waals surface area contributed by atoms with E-state index in [1.54, 1.807) is 9.80 Å². The molecule has 3 rings (SSSR count). The van der Waals surface area contributed by atoms with Crippen molar-refractivity contribution in [3.8, 4) is 0 Å². The summed E-state index contributed by atoms with van der Waals surface area (Å²) in [5.41, 5.74) is 0.941. The second-order valence-corrected chi connectivity index (χ2v) is 6.90. The normalized spacial score (nSPS) is 18.3. The molecule has 1 N–H and O–H groups in total. The number of amides is 3. The highest BCUT2D eigenvalue weighted by Crippen LogP contribution is 2.21. The molecular formula is C19H25N3O5. The molecule has 2 aliphatic rings. The lowest BCUT2D eigenvalue weighted by Crippen LogP contribution is -2.53. The summed E-state index contributed by atoms with van der Waals surface area (Å²) in [4.78, 5) is 40.5. The van der Waals surface area contributed by atoms with Crippen LogP contribution in [0.2, 0.25) is 0 Å². The number of nitrogens with zero attached hydrogens (tertiary/aromatic N) is 3. The van der Waals surface area contributed by atoms with Gasteiger partial charge in [-0.15, -0.1) is 0 Å². The maximum Gasteiger partial charge on any atom is 0.410 e. The van der Waals surface area contributed by atoms with Crippen molar-refractivity contribution in [2.24, 2.45) is 5.92 Å². The third kappa shape index (κ3) is 4.90. The van der Waals surface area contributed by atoms with Crippen molar-refractivity contribution in [1.82, 2.24) is 14.7 Å². The monoisotopic (exact) mass is 375 g/mol. The average Bonchev–Trinajstić information content (AvgIpc) is 2.72. The molecule has 0 spiro atoms. The Morgan fingerprint density at radius 2 is 1.48 bits per heavy atom. The van der Waals surface area contributed by atoms with Crippen LogP contribution in [0.3, 0.4) is 0 Å². The molecule has 2 aliphatic heterocycles. The molecule has 0 saturated carbocycles. The number of carbonyl (C=O) groups excluding carboxylic acids is 2. The van der Waals surface area contributed by atoms with Crippen molar-refractivity contribution in [2.75, 3.05) is 39.3 Å². The van der Waals surface area contributed by atoms with Gasteiger partial charge in [0.05, 0.1) is 0 Å². The van der Waals surface area contributed by atoms with Gasteiger partial charge in [-0.25, -0.2) is 9.59 Å². The number of hydrogen-bond donors (Lipinski definition) is 1. The van der Waals surface area contributed by atoms with Crippen LogP contribution in [-0.4, -0.2) is 77.2 Å². The van der Waals surface area contributed by atoms with Crippen LogP contribution in [0.5, 0.6) is 0 Å². The minimum Gasteiger partial charge on any atom is -0.465 e.